The van der Waals surface area contributed by atoms with Gasteiger partial charge in [0.25, 0.3) is 5.91 Å². The molecule has 0 bridgehead atoms. The average Bonchev–Trinajstić information content (AvgIpc) is 2.96. The summed E-state index contributed by atoms with van der Waals surface area (Å²) in [6, 6.07) is 6.81. The lowest BCUT2D eigenvalue weighted by Crippen LogP contribution is -2.57. The molecule has 0 radical (unpaired) electrons. The molecule has 2 heterocycles. The van der Waals surface area contributed by atoms with E-state index in [0.717, 1.165) is 17.6 Å². The predicted molar refractivity (Wildman–Crippen MR) is 162 cm³/mol. The second-order valence-corrected chi connectivity index (χ2v) is 12.6. The predicted octanol–water partition coefficient (Wildman–Crippen LogP) is 2.23. The maximum Gasteiger partial charge on any atom is 0.290 e. The SMILES string of the molecule is CC(C)(C)NC(=O)C(=O)[C@H](C[C@@H]1CCCNC1=O)NC(=O)[C@H](Cc1ccccc1)NC(=O)C1C=C2C=C(Cl)C=CC2OC1. The molecule has 5 atom stereocenters. The molecule has 0 saturated carbocycles. The molecule has 1 saturated heterocycles. The number of allylic oxidation sites excluding steroid dienone is 2. The van der Waals surface area contributed by atoms with E-state index in [9.17, 15) is 24.0 Å². The first kappa shape index (κ1) is 32.2. The molecular formula is C32H39ClN4O6. The molecule has 1 aromatic rings. The van der Waals surface area contributed by atoms with Crippen LogP contribution in [0.1, 0.15) is 45.6 Å². The van der Waals surface area contributed by atoms with Gasteiger partial charge in [0.1, 0.15) is 12.1 Å². The van der Waals surface area contributed by atoms with Gasteiger partial charge >= 0.3 is 0 Å². The van der Waals surface area contributed by atoms with Crippen LogP contribution in [0.4, 0.5) is 0 Å². The van der Waals surface area contributed by atoms with E-state index in [-0.39, 0.29) is 31.5 Å². The Morgan fingerprint density at radius 3 is 2.53 bits per heavy atom. The summed E-state index contributed by atoms with van der Waals surface area (Å²) in [7, 11) is 0. The molecule has 3 aliphatic rings. The van der Waals surface area contributed by atoms with Crippen molar-refractivity contribution in [2.45, 2.75) is 70.2 Å². The zero-order chi connectivity index (χ0) is 31.1. The Morgan fingerprint density at radius 2 is 1.84 bits per heavy atom. The molecule has 4 rings (SSSR count). The number of benzene rings is 1. The quantitative estimate of drug-likeness (QED) is 0.299. The third-order valence-electron chi connectivity index (χ3n) is 7.43. The monoisotopic (exact) mass is 610 g/mol. The number of carbonyl (C=O) groups excluding carboxylic acids is 5. The summed E-state index contributed by atoms with van der Waals surface area (Å²) >= 11 is 6.13. The number of rotatable bonds is 10. The summed E-state index contributed by atoms with van der Waals surface area (Å²) < 4.78 is 5.83. The van der Waals surface area contributed by atoms with Crippen molar-refractivity contribution in [1.82, 2.24) is 21.3 Å². The molecule has 1 fully saturated rings. The van der Waals surface area contributed by atoms with Crippen LogP contribution >= 0.6 is 11.6 Å². The number of piperidine rings is 1. The van der Waals surface area contributed by atoms with E-state index in [1.807, 2.05) is 36.4 Å². The number of hydrogen-bond acceptors (Lipinski definition) is 6. The number of carbonyl (C=O) groups is 5. The van der Waals surface area contributed by atoms with Crippen molar-refractivity contribution in [2.24, 2.45) is 11.8 Å². The van der Waals surface area contributed by atoms with E-state index in [2.05, 4.69) is 21.3 Å². The molecule has 1 aromatic carbocycles. The first-order valence-electron chi connectivity index (χ1n) is 14.6. The average molecular weight is 611 g/mol. The van der Waals surface area contributed by atoms with Crippen LogP contribution in [0.3, 0.4) is 0 Å². The highest BCUT2D eigenvalue weighted by Crippen LogP contribution is 2.27. The second-order valence-electron chi connectivity index (χ2n) is 12.2. The zero-order valence-electron chi connectivity index (χ0n) is 24.7. The van der Waals surface area contributed by atoms with Crippen LogP contribution in [0.2, 0.25) is 0 Å². The Kier molecular flexibility index (Phi) is 10.6. The summed E-state index contributed by atoms with van der Waals surface area (Å²) in [5.41, 5.74) is 0.855. The fourth-order valence-corrected chi connectivity index (χ4v) is 5.46. The topological polar surface area (TPSA) is 143 Å². The minimum absolute atomic E-state index is 0.0372. The lowest BCUT2D eigenvalue weighted by Gasteiger charge is -2.30. The second kappa shape index (κ2) is 14.1. The van der Waals surface area contributed by atoms with E-state index in [4.69, 9.17) is 16.3 Å². The zero-order valence-corrected chi connectivity index (χ0v) is 25.4. The van der Waals surface area contributed by atoms with Gasteiger partial charge in [-0.25, -0.2) is 0 Å². The fourth-order valence-electron chi connectivity index (χ4n) is 5.26. The standard InChI is InChI=1S/C32H39ClN4O6/c1-32(2,3)37-31(42)27(38)24(17-20-10-7-13-34-28(20)39)35-30(41)25(14-19-8-5-4-6-9-19)36-29(40)22-15-21-16-23(33)11-12-26(21)43-18-22/h4-6,8-9,11-12,15-16,20,22,24-26H,7,10,13-14,17-18H2,1-3H3,(H,34,39)(H,35,41)(H,36,40)(H,37,42)/t20-,22?,24-,25-,26?/m0/s1. The number of fused-ring (bicyclic) bond motifs is 1. The highest BCUT2D eigenvalue weighted by atomic mass is 35.5. The van der Waals surface area contributed by atoms with Gasteiger partial charge in [-0.15, -0.1) is 0 Å². The Labute approximate surface area is 256 Å². The highest BCUT2D eigenvalue weighted by molar-refractivity contribution is 6.38. The van der Waals surface area contributed by atoms with Gasteiger partial charge in [0, 0.05) is 29.5 Å². The van der Waals surface area contributed by atoms with Crippen LogP contribution in [0, 0.1) is 11.8 Å². The lowest BCUT2D eigenvalue weighted by molar-refractivity contribution is -0.142. The first-order chi connectivity index (χ1) is 20.4. The molecule has 10 nitrogen and oxygen atoms in total. The van der Waals surface area contributed by atoms with Gasteiger partial charge < -0.3 is 26.0 Å². The molecule has 2 aliphatic heterocycles. The third kappa shape index (κ3) is 9.11. The number of Topliss-reactive ketones (excluding diaryl/α,β-unsaturated/α-hetero) is 1. The Hall–Kier alpha value is -3.76. The van der Waals surface area contributed by atoms with Gasteiger partial charge in [-0.1, -0.05) is 48.0 Å². The minimum atomic E-state index is -1.26. The summed E-state index contributed by atoms with van der Waals surface area (Å²) in [5, 5.41) is 11.5. The summed E-state index contributed by atoms with van der Waals surface area (Å²) in [5.74, 6) is -4.22. The van der Waals surface area contributed by atoms with E-state index in [1.54, 1.807) is 39.0 Å². The Morgan fingerprint density at radius 1 is 1.09 bits per heavy atom. The molecule has 43 heavy (non-hydrogen) atoms. The maximum atomic E-state index is 13.8. The van der Waals surface area contributed by atoms with Crippen molar-refractivity contribution >= 4 is 41.0 Å². The van der Waals surface area contributed by atoms with Gasteiger partial charge in [0.15, 0.2) is 0 Å². The van der Waals surface area contributed by atoms with Crippen LogP contribution in [0.25, 0.3) is 0 Å². The van der Waals surface area contributed by atoms with Gasteiger partial charge in [-0.3, -0.25) is 24.0 Å². The third-order valence-corrected chi connectivity index (χ3v) is 7.66. The molecule has 0 aromatic heterocycles. The number of amides is 4. The lowest BCUT2D eigenvalue weighted by atomic mass is 9.89. The fraction of sp³-hybridized carbons (Fsp3) is 0.469. The van der Waals surface area contributed by atoms with Crippen LogP contribution in [-0.2, 0) is 35.1 Å². The van der Waals surface area contributed by atoms with E-state index < -0.39 is 53.0 Å². The van der Waals surface area contributed by atoms with E-state index >= 15 is 0 Å². The Bertz CT molecular complexity index is 1330. The Balaban J connectivity index is 1.55. The molecule has 4 amide bonds. The van der Waals surface area contributed by atoms with Crippen molar-refractivity contribution in [3.8, 4) is 0 Å². The number of hydrogen-bond donors (Lipinski definition) is 4. The van der Waals surface area contributed by atoms with Crippen molar-refractivity contribution in [3.63, 3.8) is 0 Å². The number of ether oxygens (including phenoxy) is 1. The highest BCUT2D eigenvalue weighted by Gasteiger charge is 2.36. The van der Waals surface area contributed by atoms with Gasteiger partial charge in [-0.05, 0) is 69.4 Å². The van der Waals surface area contributed by atoms with E-state index in [0.29, 0.717) is 18.0 Å². The van der Waals surface area contributed by atoms with Crippen molar-refractivity contribution in [2.75, 3.05) is 13.2 Å². The van der Waals surface area contributed by atoms with Crippen LogP contribution in [0.15, 0.2) is 65.2 Å². The van der Waals surface area contributed by atoms with Crippen molar-refractivity contribution in [3.05, 3.63) is 70.8 Å². The molecule has 11 heteroatoms. The number of halogens is 1. The van der Waals surface area contributed by atoms with Crippen molar-refractivity contribution < 1.29 is 28.7 Å². The van der Waals surface area contributed by atoms with Crippen LogP contribution in [0.5, 0.6) is 0 Å². The summed E-state index contributed by atoms with van der Waals surface area (Å²) in [6.07, 6.45) is 8.12. The first-order valence-corrected chi connectivity index (χ1v) is 14.9. The van der Waals surface area contributed by atoms with Crippen LogP contribution in [-0.4, -0.2) is 66.3 Å². The molecule has 4 N–H and O–H groups in total. The van der Waals surface area contributed by atoms with Crippen molar-refractivity contribution in [1.29, 1.82) is 0 Å². The minimum Gasteiger partial charge on any atom is -0.368 e. The molecule has 230 valence electrons. The molecule has 1 aliphatic carbocycles. The van der Waals surface area contributed by atoms with Gasteiger partial charge in [0.05, 0.1) is 18.6 Å². The maximum absolute atomic E-state index is 13.8. The summed E-state index contributed by atoms with van der Waals surface area (Å²) in [4.78, 5) is 66.0. The molecule has 2 unspecified atom stereocenters. The smallest absolute Gasteiger partial charge is 0.290 e. The van der Waals surface area contributed by atoms with Crippen LogP contribution < -0.4 is 21.3 Å². The molecular weight excluding hydrogens is 572 g/mol. The molecule has 0 spiro atoms. The normalized spacial score (nSPS) is 23.0. The number of ketones is 1. The summed E-state index contributed by atoms with van der Waals surface area (Å²) in [6.45, 7) is 5.87. The number of nitrogens with one attached hydrogen (secondary N) is 4. The van der Waals surface area contributed by atoms with Gasteiger partial charge in [0.2, 0.25) is 23.5 Å². The largest absolute Gasteiger partial charge is 0.368 e. The van der Waals surface area contributed by atoms with Gasteiger partial charge in [-0.2, -0.15) is 0 Å². The van der Waals surface area contributed by atoms with E-state index in [1.165, 1.54) is 0 Å².